The molecule has 2 atom stereocenters. The van der Waals surface area contributed by atoms with Crippen LogP contribution in [-0.4, -0.2) is 24.1 Å². The third-order valence-electron chi connectivity index (χ3n) is 3.56. The summed E-state index contributed by atoms with van der Waals surface area (Å²) in [5.74, 6) is 3.55. The highest BCUT2D eigenvalue weighted by molar-refractivity contribution is 14.1. The average Bonchev–Trinajstić information content (AvgIpc) is 2.90. The molecule has 18 heavy (non-hydrogen) atoms. The lowest BCUT2D eigenvalue weighted by atomic mass is 9.93. The number of thioether (sulfide) groups is 1. The largest absolute Gasteiger partial charge is 0.313 e. The zero-order valence-electron chi connectivity index (χ0n) is 11.0. The van der Waals surface area contributed by atoms with Crippen LogP contribution in [0.3, 0.4) is 0 Å². The molecular weight excluding hydrogens is 353 g/mol. The van der Waals surface area contributed by atoms with Crippen LogP contribution < -0.4 is 5.32 Å². The third-order valence-corrected chi connectivity index (χ3v) is 5.47. The maximum atomic E-state index is 3.76. The topological polar surface area (TPSA) is 12.0 Å². The van der Waals surface area contributed by atoms with E-state index in [0.717, 1.165) is 12.5 Å². The molecule has 100 valence electrons. The summed E-state index contributed by atoms with van der Waals surface area (Å²) in [7, 11) is 0. The first-order valence-corrected chi connectivity index (χ1v) is 9.08. The van der Waals surface area contributed by atoms with E-state index in [-0.39, 0.29) is 0 Å². The van der Waals surface area contributed by atoms with Gasteiger partial charge in [-0.2, -0.15) is 11.8 Å². The van der Waals surface area contributed by atoms with E-state index in [9.17, 15) is 0 Å². The summed E-state index contributed by atoms with van der Waals surface area (Å²) in [4.78, 5) is 0. The highest BCUT2D eigenvalue weighted by atomic mass is 127. The Morgan fingerprint density at radius 1 is 1.39 bits per heavy atom. The maximum Gasteiger partial charge on any atom is 0.0144 e. The Morgan fingerprint density at radius 3 is 2.78 bits per heavy atom. The van der Waals surface area contributed by atoms with Crippen LogP contribution in [0.25, 0.3) is 0 Å². The Morgan fingerprint density at radius 2 is 2.17 bits per heavy atom. The minimum atomic E-state index is 0.667. The van der Waals surface area contributed by atoms with Crippen molar-refractivity contribution in [2.75, 3.05) is 18.1 Å². The summed E-state index contributed by atoms with van der Waals surface area (Å²) >= 11 is 4.49. The Labute approximate surface area is 129 Å². The lowest BCUT2D eigenvalue weighted by Crippen LogP contribution is -2.38. The maximum absolute atomic E-state index is 3.76. The molecule has 1 aromatic rings. The van der Waals surface area contributed by atoms with Crippen molar-refractivity contribution in [3.8, 4) is 0 Å². The molecule has 1 aromatic carbocycles. The fourth-order valence-corrected chi connectivity index (χ4v) is 4.18. The van der Waals surface area contributed by atoms with Crippen molar-refractivity contribution < 1.29 is 0 Å². The van der Waals surface area contributed by atoms with E-state index in [4.69, 9.17) is 0 Å². The van der Waals surface area contributed by atoms with Crippen LogP contribution in [0, 0.1) is 9.49 Å². The smallest absolute Gasteiger partial charge is 0.0144 e. The molecule has 0 aromatic heterocycles. The van der Waals surface area contributed by atoms with Gasteiger partial charge >= 0.3 is 0 Å². The minimum absolute atomic E-state index is 0.667. The molecule has 1 N–H and O–H groups in total. The molecule has 1 fully saturated rings. The van der Waals surface area contributed by atoms with Crippen LogP contribution in [-0.2, 0) is 6.42 Å². The van der Waals surface area contributed by atoms with Gasteiger partial charge in [0.1, 0.15) is 0 Å². The van der Waals surface area contributed by atoms with Gasteiger partial charge in [-0.05, 0) is 83.5 Å². The molecule has 0 bridgehead atoms. The molecule has 2 rings (SSSR count). The van der Waals surface area contributed by atoms with Gasteiger partial charge in [0.2, 0.25) is 0 Å². The van der Waals surface area contributed by atoms with Gasteiger partial charge in [0, 0.05) is 9.61 Å². The number of rotatable bonds is 6. The van der Waals surface area contributed by atoms with E-state index >= 15 is 0 Å². The van der Waals surface area contributed by atoms with Crippen LogP contribution in [0.1, 0.15) is 25.3 Å². The molecule has 1 saturated heterocycles. The summed E-state index contributed by atoms with van der Waals surface area (Å²) in [6.45, 7) is 3.40. The number of hydrogen-bond acceptors (Lipinski definition) is 2. The molecule has 0 saturated carbocycles. The highest BCUT2D eigenvalue weighted by Gasteiger charge is 2.24. The van der Waals surface area contributed by atoms with E-state index in [1.807, 2.05) is 0 Å². The van der Waals surface area contributed by atoms with Gasteiger partial charge in [-0.25, -0.2) is 0 Å². The third kappa shape index (κ3) is 4.42. The fourth-order valence-electron chi connectivity index (χ4n) is 2.48. The first-order chi connectivity index (χ1) is 8.79. The van der Waals surface area contributed by atoms with Crippen LogP contribution >= 0.6 is 34.4 Å². The number of halogens is 1. The average molecular weight is 375 g/mol. The minimum Gasteiger partial charge on any atom is -0.313 e. The highest BCUT2D eigenvalue weighted by Crippen LogP contribution is 2.28. The molecule has 3 heteroatoms. The number of nitrogens with one attached hydrogen (secondary N) is 1. The Kier molecular flexibility index (Phi) is 6.32. The lowest BCUT2D eigenvalue weighted by Gasteiger charge is -2.24. The van der Waals surface area contributed by atoms with Gasteiger partial charge in [0.25, 0.3) is 0 Å². The van der Waals surface area contributed by atoms with Gasteiger partial charge < -0.3 is 5.32 Å². The molecule has 1 aliphatic rings. The van der Waals surface area contributed by atoms with Crippen LogP contribution in [0.15, 0.2) is 24.3 Å². The lowest BCUT2D eigenvalue weighted by molar-refractivity contribution is 0.380. The second-order valence-electron chi connectivity index (χ2n) is 5.01. The second-order valence-corrected chi connectivity index (χ2v) is 7.41. The summed E-state index contributed by atoms with van der Waals surface area (Å²) < 4.78 is 1.32. The predicted molar refractivity (Wildman–Crippen MR) is 90.4 cm³/mol. The Balaban J connectivity index is 1.97. The fraction of sp³-hybridized carbons (Fsp3) is 0.600. The normalized spacial score (nSPS) is 21.1. The molecule has 0 spiro atoms. The monoisotopic (exact) mass is 375 g/mol. The molecular formula is C15H22INS. The van der Waals surface area contributed by atoms with E-state index in [0.29, 0.717) is 6.04 Å². The first-order valence-electron chi connectivity index (χ1n) is 6.85. The molecule has 0 amide bonds. The zero-order valence-corrected chi connectivity index (χ0v) is 14.0. The van der Waals surface area contributed by atoms with Gasteiger partial charge in [-0.1, -0.05) is 19.1 Å². The molecule has 0 radical (unpaired) electrons. The molecule has 1 nitrogen and oxygen atoms in total. The molecule has 2 unspecified atom stereocenters. The predicted octanol–water partition coefficient (Wildman–Crippen LogP) is 3.96. The van der Waals surface area contributed by atoms with Gasteiger partial charge in [0.15, 0.2) is 0 Å². The van der Waals surface area contributed by atoms with Crippen molar-refractivity contribution in [1.29, 1.82) is 0 Å². The van der Waals surface area contributed by atoms with E-state index in [1.54, 1.807) is 0 Å². The van der Waals surface area contributed by atoms with Gasteiger partial charge in [-0.3, -0.25) is 0 Å². The van der Waals surface area contributed by atoms with E-state index in [2.05, 4.69) is 70.9 Å². The zero-order chi connectivity index (χ0) is 12.8. The van der Waals surface area contributed by atoms with Crippen molar-refractivity contribution in [3.05, 3.63) is 33.4 Å². The summed E-state index contributed by atoms with van der Waals surface area (Å²) in [6.07, 6.45) is 3.79. The standard InChI is InChI=1S/C15H22INS/c1-2-8-17-15(13-7-9-18-11-13)10-12-3-5-14(16)6-4-12/h3-6,13,15,17H,2,7-11H2,1H3. The summed E-state index contributed by atoms with van der Waals surface area (Å²) in [6, 6.07) is 9.67. The summed E-state index contributed by atoms with van der Waals surface area (Å²) in [5, 5.41) is 3.76. The molecule has 1 heterocycles. The van der Waals surface area contributed by atoms with Crippen LogP contribution in [0.4, 0.5) is 0 Å². The quantitative estimate of drug-likeness (QED) is 0.756. The summed E-state index contributed by atoms with van der Waals surface area (Å²) in [5.41, 5.74) is 1.47. The SMILES string of the molecule is CCCNC(Cc1ccc(I)cc1)C1CCSC1. The van der Waals surface area contributed by atoms with Crippen molar-refractivity contribution in [2.24, 2.45) is 5.92 Å². The molecule has 0 aliphatic carbocycles. The second kappa shape index (κ2) is 7.75. The van der Waals surface area contributed by atoms with Crippen molar-refractivity contribution in [2.45, 2.75) is 32.2 Å². The van der Waals surface area contributed by atoms with E-state index < -0.39 is 0 Å². The number of hydrogen-bond donors (Lipinski definition) is 1. The Bertz CT molecular complexity index is 346. The van der Waals surface area contributed by atoms with Crippen molar-refractivity contribution >= 4 is 34.4 Å². The van der Waals surface area contributed by atoms with Crippen LogP contribution in [0.5, 0.6) is 0 Å². The van der Waals surface area contributed by atoms with Gasteiger partial charge in [-0.15, -0.1) is 0 Å². The van der Waals surface area contributed by atoms with Crippen LogP contribution in [0.2, 0.25) is 0 Å². The van der Waals surface area contributed by atoms with E-state index in [1.165, 1.54) is 39.9 Å². The van der Waals surface area contributed by atoms with Crippen molar-refractivity contribution in [1.82, 2.24) is 5.32 Å². The van der Waals surface area contributed by atoms with Gasteiger partial charge in [0.05, 0.1) is 0 Å². The number of benzene rings is 1. The Hall–Kier alpha value is 0.260. The molecule has 1 aliphatic heterocycles. The van der Waals surface area contributed by atoms with Crippen molar-refractivity contribution in [3.63, 3.8) is 0 Å². The first kappa shape index (κ1) is 14.7.